The third kappa shape index (κ3) is 2.96. The maximum atomic E-state index is 6.14. The largest absolute Gasteiger partial charge is 0.493 e. The molecule has 1 fully saturated rings. The lowest BCUT2D eigenvalue weighted by atomic mass is 10.1. The van der Waals surface area contributed by atoms with E-state index in [2.05, 4.69) is 14.9 Å². The Labute approximate surface area is 135 Å². The molecule has 1 aromatic carbocycles. The van der Waals surface area contributed by atoms with Crippen LogP contribution in [0.5, 0.6) is 11.5 Å². The molecule has 0 radical (unpaired) electrons. The predicted molar refractivity (Wildman–Crippen MR) is 89.3 cm³/mol. The molecule has 1 unspecified atom stereocenters. The van der Waals surface area contributed by atoms with Crippen LogP contribution in [0.15, 0.2) is 12.1 Å². The number of ether oxygens (including phenoxy) is 3. The monoisotopic (exact) mass is 318 g/mol. The first kappa shape index (κ1) is 15.6. The number of nitrogens with two attached hydrogens (primary N) is 1. The van der Waals surface area contributed by atoms with Gasteiger partial charge in [0.1, 0.15) is 5.82 Å². The number of nitrogens with zero attached hydrogens (tertiary/aromatic N) is 3. The zero-order valence-corrected chi connectivity index (χ0v) is 13.7. The maximum absolute atomic E-state index is 6.14. The fraction of sp³-hybridized carbons (Fsp3) is 0.500. The standard InChI is InChI=1S/C16H22N4O3/c1-21-10-5-4-6-20(9-10)16-18-12-8-14(23-3)13(22-2)7-11(12)15(17)19-16/h7-8,10H,4-6,9H2,1-3H3,(H2,17,18,19). The van der Waals surface area contributed by atoms with Crippen LogP contribution in [0.1, 0.15) is 12.8 Å². The summed E-state index contributed by atoms with van der Waals surface area (Å²) in [6.45, 7) is 1.67. The number of nitrogen functional groups attached to an aromatic ring is 1. The number of benzene rings is 1. The zero-order chi connectivity index (χ0) is 16.4. The van der Waals surface area contributed by atoms with Gasteiger partial charge in [-0.2, -0.15) is 4.98 Å². The number of rotatable bonds is 4. The van der Waals surface area contributed by atoms with Gasteiger partial charge in [-0.1, -0.05) is 0 Å². The van der Waals surface area contributed by atoms with Crippen LogP contribution in [-0.4, -0.2) is 50.5 Å². The van der Waals surface area contributed by atoms with Gasteiger partial charge in [-0.15, -0.1) is 0 Å². The highest BCUT2D eigenvalue weighted by Gasteiger charge is 2.22. The molecule has 0 amide bonds. The number of fused-ring (bicyclic) bond motifs is 1. The van der Waals surface area contributed by atoms with Gasteiger partial charge < -0.3 is 24.8 Å². The van der Waals surface area contributed by atoms with Crippen LogP contribution < -0.4 is 20.1 Å². The summed E-state index contributed by atoms with van der Waals surface area (Å²) in [4.78, 5) is 11.2. The molecule has 2 N–H and O–H groups in total. The number of aromatic nitrogens is 2. The molecule has 3 rings (SSSR count). The molecule has 7 heteroatoms. The molecular formula is C16H22N4O3. The Morgan fingerprint density at radius 3 is 2.57 bits per heavy atom. The van der Waals surface area contributed by atoms with Crippen LogP contribution in [-0.2, 0) is 4.74 Å². The van der Waals surface area contributed by atoms with Crippen LogP contribution in [0.4, 0.5) is 11.8 Å². The molecule has 1 aromatic heterocycles. The van der Waals surface area contributed by atoms with Crippen molar-refractivity contribution < 1.29 is 14.2 Å². The quantitative estimate of drug-likeness (QED) is 0.921. The second kappa shape index (κ2) is 6.45. The first-order valence-electron chi connectivity index (χ1n) is 7.63. The highest BCUT2D eigenvalue weighted by molar-refractivity contribution is 5.91. The van der Waals surface area contributed by atoms with Crippen molar-refractivity contribution in [1.82, 2.24) is 9.97 Å². The summed E-state index contributed by atoms with van der Waals surface area (Å²) in [5.74, 6) is 2.30. The summed E-state index contributed by atoms with van der Waals surface area (Å²) >= 11 is 0. The molecule has 0 bridgehead atoms. The van der Waals surface area contributed by atoms with Gasteiger partial charge in [-0.3, -0.25) is 0 Å². The maximum Gasteiger partial charge on any atom is 0.227 e. The van der Waals surface area contributed by atoms with Crippen molar-refractivity contribution in [3.05, 3.63) is 12.1 Å². The van der Waals surface area contributed by atoms with E-state index >= 15 is 0 Å². The molecule has 2 aromatic rings. The number of methoxy groups -OCH3 is 3. The molecule has 1 saturated heterocycles. The van der Waals surface area contributed by atoms with E-state index in [0.717, 1.165) is 36.8 Å². The van der Waals surface area contributed by atoms with Crippen molar-refractivity contribution in [2.24, 2.45) is 0 Å². The lowest BCUT2D eigenvalue weighted by molar-refractivity contribution is 0.0889. The minimum atomic E-state index is 0.203. The molecule has 124 valence electrons. The molecule has 1 aliphatic heterocycles. The third-order valence-electron chi connectivity index (χ3n) is 4.21. The molecule has 0 aliphatic carbocycles. The van der Waals surface area contributed by atoms with Crippen LogP contribution in [0.25, 0.3) is 10.9 Å². The van der Waals surface area contributed by atoms with Gasteiger partial charge in [-0.25, -0.2) is 4.98 Å². The molecular weight excluding hydrogens is 296 g/mol. The molecule has 0 saturated carbocycles. The van der Waals surface area contributed by atoms with Gasteiger partial charge in [0.2, 0.25) is 5.95 Å². The molecule has 0 spiro atoms. The highest BCUT2D eigenvalue weighted by Crippen LogP contribution is 2.34. The summed E-state index contributed by atoms with van der Waals surface area (Å²) in [7, 11) is 4.93. The number of hydrogen-bond donors (Lipinski definition) is 1. The van der Waals surface area contributed by atoms with Gasteiger partial charge in [0.25, 0.3) is 0 Å². The van der Waals surface area contributed by atoms with Crippen LogP contribution in [0, 0.1) is 0 Å². The van der Waals surface area contributed by atoms with E-state index in [-0.39, 0.29) is 6.10 Å². The second-order valence-electron chi connectivity index (χ2n) is 5.58. The highest BCUT2D eigenvalue weighted by atomic mass is 16.5. The van der Waals surface area contributed by atoms with Crippen LogP contribution >= 0.6 is 0 Å². The summed E-state index contributed by atoms with van der Waals surface area (Å²) in [5, 5.41) is 0.756. The number of anilines is 2. The van der Waals surface area contributed by atoms with Gasteiger partial charge in [0.15, 0.2) is 11.5 Å². The van der Waals surface area contributed by atoms with Crippen molar-refractivity contribution >= 4 is 22.7 Å². The summed E-state index contributed by atoms with van der Waals surface area (Å²) < 4.78 is 16.1. The van der Waals surface area contributed by atoms with E-state index in [1.165, 1.54) is 0 Å². The van der Waals surface area contributed by atoms with Crippen molar-refractivity contribution in [1.29, 1.82) is 0 Å². The Hall–Kier alpha value is -2.28. The first-order valence-corrected chi connectivity index (χ1v) is 7.63. The SMILES string of the molecule is COc1cc2nc(N3CCCC(OC)C3)nc(N)c2cc1OC. The smallest absolute Gasteiger partial charge is 0.227 e. The minimum absolute atomic E-state index is 0.203. The molecule has 2 heterocycles. The van der Waals surface area contributed by atoms with E-state index in [1.807, 2.05) is 6.07 Å². The van der Waals surface area contributed by atoms with E-state index in [0.29, 0.717) is 23.3 Å². The topological polar surface area (TPSA) is 82.7 Å². The van der Waals surface area contributed by atoms with Gasteiger partial charge in [-0.05, 0) is 18.9 Å². The van der Waals surface area contributed by atoms with E-state index in [9.17, 15) is 0 Å². The van der Waals surface area contributed by atoms with Crippen molar-refractivity contribution in [3.8, 4) is 11.5 Å². The zero-order valence-electron chi connectivity index (χ0n) is 13.7. The third-order valence-corrected chi connectivity index (χ3v) is 4.21. The molecule has 7 nitrogen and oxygen atoms in total. The van der Waals surface area contributed by atoms with E-state index < -0.39 is 0 Å². The number of piperidine rings is 1. The normalized spacial score (nSPS) is 18.2. The van der Waals surface area contributed by atoms with Gasteiger partial charge in [0.05, 0.1) is 25.8 Å². The Bertz CT molecular complexity index is 707. The van der Waals surface area contributed by atoms with Gasteiger partial charge in [0, 0.05) is 31.7 Å². The van der Waals surface area contributed by atoms with E-state index in [1.54, 1.807) is 27.4 Å². The second-order valence-corrected chi connectivity index (χ2v) is 5.58. The van der Waals surface area contributed by atoms with Crippen LogP contribution in [0.2, 0.25) is 0 Å². The number of hydrogen-bond acceptors (Lipinski definition) is 7. The first-order chi connectivity index (χ1) is 11.2. The van der Waals surface area contributed by atoms with Crippen LogP contribution in [0.3, 0.4) is 0 Å². The Kier molecular flexibility index (Phi) is 4.38. The molecule has 23 heavy (non-hydrogen) atoms. The average molecular weight is 318 g/mol. The van der Waals surface area contributed by atoms with Gasteiger partial charge >= 0.3 is 0 Å². The summed E-state index contributed by atoms with van der Waals surface area (Å²) in [6.07, 6.45) is 2.31. The summed E-state index contributed by atoms with van der Waals surface area (Å²) in [6, 6.07) is 3.63. The fourth-order valence-electron chi connectivity index (χ4n) is 2.92. The minimum Gasteiger partial charge on any atom is -0.493 e. The molecule has 1 atom stereocenters. The fourth-order valence-corrected chi connectivity index (χ4v) is 2.92. The van der Waals surface area contributed by atoms with Crippen molar-refractivity contribution in [2.75, 3.05) is 45.1 Å². The molecule has 1 aliphatic rings. The Morgan fingerprint density at radius 1 is 1.13 bits per heavy atom. The predicted octanol–water partition coefficient (Wildman–Crippen LogP) is 1.84. The van der Waals surface area contributed by atoms with E-state index in [4.69, 9.17) is 19.9 Å². The lowest BCUT2D eigenvalue weighted by Gasteiger charge is -2.32. The van der Waals surface area contributed by atoms with Crippen molar-refractivity contribution in [2.45, 2.75) is 18.9 Å². The Balaban J connectivity index is 2.03. The van der Waals surface area contributed by atoms with Crippen molar-refractivity contribution in [3.63, 3.8) is 0 Å². The summed E-state index contributed by atoms with van der Waals surface area (Å²) in [5.41, 5.74) is 6.88. The average Bonchev–Trinajstić information content (AvgIpc) is 2.60. The Morgan fingerprint density at radius 2 is 1.87 bits per heavy atom. The lowest BCUT2D eigenvalue weighted by Crippen LogP contribution is -2.40.